The second-order valence-electron chi connectivity index (χ2n) is 6.18. The first-order chi connectivity index (χ1) is 8.39. The fraction of sp³-hybridized carbons (Fsp3) is 0.600. The highest BCUT2D eigenvalue weighted by Gasteiger charge is 2.33. The summed E-state index contributed by atoms with van der Waals surface area (Å²) in [6, 6.07) is 9.47. The van der Waals surface area contributed by atoms with Crippen LogP contribution in [-0.2, 0) is 0 Å². The Hall–Kier alpha value is -0.290. The maximum atomic E-state index is 3.66. The number of anilines is 1. The van der Waals surface area contributed by atoms with E-state index in [1.807, 2.05) is 0 Å². The van der Waals surface area contributed by atoms with Gasteiger partial charge in [-0.05, 0) is 66.6 Å². The lowest BCUT2D eigenvalue weighted by atomic mass is 9.92. The van der Waals surface area contributed by atoms with E-state index in [0.29, 0.717) is 12.0 Å². The van der Waals surface area contributed by atoms with Crippen molar-refractivity contribution in [3.05, 3.63) is 27.8 Å². The molecule has 1 N–H and O–H groups in total. The van der Waals surface area contributed by atoms with Crippen LogP contribution in [0.1, 0.15) is 27.7 Å². The summed E-state index contributed by atoms with van der Waals surface area (Å²) in [5.74, 6) is 0.660. The number of rotatable bonds is 2. The standard InChI is InChI=1S/C15H23IN2/c1-11(2)14-9-17-15(3,4)10-18(14)13-7-5-12(16)6-8-13/h5-8,11,14,17H,9-10H2,1-4H3. The molecule has 0 aliphatic carbocycles. The van der Waals surface area contributed by atoms with E-state index in [9.17, 15) is 0 Å². The van der Waals surface area contributed by atoms with Gasteiger partial charge >= 0.3 is 0 Å². The molecule has 0 radical (unpaired) electrons. The van der Waals surface area contributed by atoms with Crippen molar-refractivity contribution >= 4 is 28.3 Å². The Kier molecular flexibility index (Phi) is 4.22. The van der Waals surface area contributed by atoms with Gasteiger partial charge in [0.25, 0.3) is 0 Å². The summed E-state index contributed by atoms with van der Waals surface area (Å²) in [4.78, 5) is 2.57. The number of hydrogen-bond acceptors (Lipinski definition) is 2. The Morgan fingerprint density at radius 2 is 1.89 bits per heavy atom. The van der Waals surface area contributed by atoms with Gasteiger partial charge in [-0.25, -0.2) is 0 Å². The number of halogens is 1. The molecule has 2 nitrogen and oxygen atoms in total. The van der Waals surface area contributed by atoms with Crippen LogP contribution in [0.15, 0.2) is 24.3 Å². The molecule has 1 heterocycles. The molecule has 1 fully saturated rings. The molecule has 2 rings (SSSR count). The van der Waals surface area contributed by atoms with Crippen molar-refractivity contribution in [2.24, 2.45) is 5.92 Å². The van der Waals surface area contributed by atoms with Gasteiger partial charge in [-0.15, -0.1) is 0 Å². The van der Waals surface area contributed by atoms with E-state index < -0.39 is 0 Å². The summed E-state index contributed by atoms with van der Waals surface area (Å²) >= 11 is 2.36. The molecule has 0 amide bonds. The van der Waals surface area contributed by atoms with Crippen LogP contribution in [0.4, 0.5) is 5.69 Å². The monoisotopic (exact) mass is 358 g/mol. The Labute approximate surface area is 124 Å². The molecule has 0 saturated carbocycles. The minimum atomic E-state index is 0.189. The van der Waals surface area contributed by atoms with Gasteiger partial charge < -0.3 is 10.2 Å². The first-order valence-corrected chi connectivity index (χ1v) is 7.74. The molecule has 0 aromatic heterocycles. The number of nitrogens with zero attached hydrogens (tertiary/aromatic N) is 1. The Balaban J connectivity index is 2.27. The molecule has 0 spiro atoms. The lowest BCUT2D eigenvalue weighted by molar-refractivity contribution is 0.277. The predicted molar refractivity (Wildman–Crippen MR) is 87.2 cm³/mol. The first-order valence-electron chi connectivity index (χ1n) is 6.66. The molecule has 1 unspecified atom stereocenters. The molecule has 3 heteroatoms. The van der Waals surface area contributed by atoms with Crippen molar-refractivity contribution in [3.63, 3.8) is 0 Å². The summed E-state index contributed by atoms with van der Waals surface area (Å²) < 4.78 is 1.30. The number of hydrogen-bond donors (Lipinski definition) is 1. The van der Waals surface area contributed by atoms with Crippen molar-refractivity contribution in [1.29, 1.82) is 0 Å². The molecule has 1 aliphatic heterocycles. The highest BCUT2D eigenvalue weighted by Crippen LogP contribution is 2.27. The van der Waals surface area contributed by atoms with Gasteiger partial charge in [0.05, 0.1) is 0 Å². The molecular weight excluding hydrogens is 335 g/mol. The normalized spacial score (nSPS) is 23.4. The molecule has 1 aromatic carbocycles. The average Bonchev–Trinajstić information content (AvgIpc) is 2.28. The second-order valence-corrected chi connectivity index (χ2v) is 7.43. The predicted octanol–water partition coefficient (Wildman–Crippen LogP) is 3.50. The lowest BCUT2D eigenvalue weighted by Gasteiger charge is -2.47. The first kappa shape index (κ1) is 14.1. The highest BCUT2D eigenvalue weighted by molar-refractivity contribution is 14.1. The van der Waals surface area contributed by atoms with Crippen molar-refractivity contribution < 1.29 is 0 Å². The van der Waals surface area contributed by atoms with Crippen LogP contribution in [0.5, 0.6) is 0 Å². The zero-order chi connectivity index (χ0) is 13.3. The van der Waals surface area contributed by atoms with E-state index in [4.69, 9.17) is 0 Å². The van der Waals surface area contributed by atoms with Gasteiger partial charge in [0.2, 0.25) is 0 Å². The van der Waals surface area contributed by atoms with Crippen LogP contribution >= 0.6 is 22.6 Å². The van der Waals surface area contributed by atoms with Crippen LogP contribution in [0.2, 0.25) is 0 Å². The Morgan fingerprint density at radius 1 is 1.28 bits per heavy atom. The van der Waals surface area contributed by atoms with Gasteiger partial charge in [0.15, 0.2) is 0 Å². The van der Waals surface area contributed by atoms with E-state index in [1.54, 1.807) is 0 Å². The fourth-order valence-electron chi connectivity index (χ4n) is 2.60. The zero-order valence-corrected chi connectivity index (χ0v) is 13.9. The molecule has 100 valence electrons. The van der Waals surface area contributed by atoms with E-state index in [-0.39, 0.29) is 5.54 Å². The van der Waals surface area contributed by atoms with Crippen LogP contribution in [0.25, 0.3) is 0 Å². The molecule has 1 aliphatic rings. The van der Waals surface area contributed by atoms with Crippen LogP contribution < -0.4 is 10.2 Å². The third kappa shape index (κ3) is 3.18. The van der Waals surface area contributed by atoms with Gasteiger partial charge in [-0.3, -0.25) is 0 Å². The summed E-state index contributed by atoms with van der Waals surface area (Å²) in [6.07, 6.45) is 0. The van der Waals surface area contributed by atoms with E-state index in [0.717, 1.165) is 13.1 Å². The average molecular weight is 358 g/mol. The van der Waals surface area contributed by atoms with Crippen molar-refractivity contribution in [3.8, 4) is 0 Å². The van der Waals surface area contributed by atoms with Gasteiger partial charge in [0.1, 0.15) is 0 Å². The van der Waals surface area contributed by atoms with Crippen molar-refractivity contribution in [1.82, 2.24) is 5.32 Å². The molecular formula is C15H23IN2. The Bertz CT molecular complexity index is 397. The number of nitrogens with one attached hydrogen (secondary N) is 1. The molecule has 18 heavy (non-hydrogen) atoms. The van der Waals surface area contributed by atoms with Crippen LogP contribution in [0, 0.1) is 9.49 Å². The molecule has 0 bridgehead atoms. The van der Waals surface area contributed by atoms with Gasteiger partial charge in [-0.2, -0.15) is 0 Å². The quantitative estimate of drug-likeness (QED) is 0.814. The highest BCUT2D eigenvalue weighted by atomic mass is 127. The zero-order valence-electron chi connectivity index (χ0n) is 11.7. The van der Waals surface area contributed by atoms with E-state index in [2.05, 4.69) is 84.8 Å². The summed E-state index contributed by atoms with van der Waals surface area (Å²) in [5, 5.41) is 3.66. The van der Waals surface area contributed by atoms with Crippen molar-refractivity contribution in [2.45, 2.75) is 39.3 Å². The Morgan fingerprint density at radius 3 is 2.44 bits per heavy atom. The van der Waals surface area contributed by atoms with Gasteiger partial charge in [-0.1, -0.05) is 13.8 Å². The topological polar surface area (TPSA) is 15.3 Å². The fourth-order valence-corrected chi connectivity index (χ4v) is 2.96. The summed E-state index contributed by atoms with van der Waals surface area (Å²) in [6.45, 7) is 11.3. The van der Waals surface area contributed by atoms with E-state index in [1.165, 1.54) is 9.26 Å². The maximum Gasteiger partial charge on any atom is 0.0438 e. The maximum absolute atomic E-state index is 3.66. The minimum Gasteiger partial charge on any atom is -0.365 e. The van der Waals surface area contributed by atoms with Crippen LogP contribution in [-0.4, -0.2) is 24.7 Å². The minimum absolute atomic E-state index is 0.189. The van der Waals surface area contributed by atoms with Crippen LogP contribution in [0.3, 0.4) is 0 Å². The second kappa shape index (κ2) is 5.37. The third-order valence-electron chi connectivity index (χ3n) is 3.68. The summed E-state index contributed by atoms with van der Waals surface area (Å²) in [5.41, 5.74) is 1.54. The largest absolute Gasteiger partial charge is 0.365 e. The smallest absolute Gasteiger partial charge is 0.0438 e. The van der Waals surface area contributed by atoms with E-state index >= 15 is 0 Å². The molecule has 1 atom stereocenters. The van der Waals surface area contributed by atoms with Crippen molar-refractivity contribution in [2.75, 3.05) is 18.0 Å². The SMILES string of the molecule is CC(C)C1CNC(C)(C)CN1c1ccc(I)cc1. The molecule has 1 aromatic rings. The number of benzene rings is 1. The molecule has 1 saturated heterocycles. The third-order valence-corrected chi connectivity index (χ3v) is 4.40. The van der Waals surface area contributed by atoms with Gasteiger partial charge in [0, 0.05) is 33.9 Å². The lowest BCUT2D eigenvalue weighted by Crippen LogP contribution is -2.63. The summed E-state index contributed by atoms with van der Waals surface area (Å²) in [7, 11) is 0. The number of piperazine rings is 1.